The second kappa shape index (κ2) is 9.20. The lowest BCUT2D eigenvalue weighted by Crippen LogP contribution is -2.09. The highest BCUT2D eigenvalue weighted by atomic mass is 32.2. The SMILES string of the molecule is CC(Cn1ncc2c(Nc3cccc(O)c3)nc(SC3CCCC3)nc21)c1ccccc1. The Bertz CT molecular complexity index is 1200. The molecule has 0 bridgehead atoms. The molecule has 1 aliphatic rings. The zero-order valence-corrected chi connectivity index (χ0v) is 18.9. The van der Waals surface area contributed by atoms with Gasteiger partial charge in [-0.15, -0.1) is 0 Å². The standard InChI is InChI=1S/C25H27N5OS/c1-17(18-8-3-2-4-9-18)16-30-24-22(15-26-30)23(27-19-10-7-11-20(31)14-19)28-25(29-24)32-21-12-5-6-13-21/h2-4,7-11,14-15,17,21,31H,5-6,12-13,16H2,1H3,(H,27,28,29). The van der Waals surface area contributed by atoms with Gasteiger partial charge in [0.05, 0.1) is 11.6 Å². The van der Waals surface area contributed by atoms with Gasteiger partial charge in [0, 0.05) is 29.5 Å². The van der Waals surface area contributed by atoms with Crippen molar-refractivity contribution in [1.82, 2.24) is 19.7 Å². The molecule has 0 saturated heterocycles. The van der Waals surface area contributed by atoms with Gasteiger partial charge in [0.15, 0.2) is 10.8 Å². The number of thioether (sulfide) groups is 1. The molecule has 1 unspecified atom stereocenters. The molecular formula is C25H27N5OS. The van der Waals surface area contributed by atoms with Crippen LogP contribution in [0.1, 0.15) is 44.1 Å². The average Bonchev–Trinajstić information content (AvgIpc) is 3.45. The molecule has 2 aromatic heterocycles. The molecule has 0 spiro atoms. The number of nitrogens with one attached hydrogen (secondary N) is 1. The average molecular weight is 446 g/mol. The number of hydrogen-bond donors (Lipinski definition) is 2. The van der Waals surface area contributed by atoms with Gasteiger partial charge in [-0.2, -0.15) is 5.10 Å². The van der Waals surface area contributed by atoms with E-state index >= 15 is 0 Å². The molecule has 1 fully saturated rings. The van der Waals surface area contributed by atoms with Crippen LogP contribution >= 0.6 is 11.8 Å². The van der Waals surface area contributed by atoms with Gasteiger partial charge >= 0.3 is 0 Å². The molecule has 5 rings (SSSR count). The van der Waals surface area contributed by atoms with Crippen LogP contribution in [-0.4, -0.2) is 30.1 Å². The smallest absolute Gasteiger partial charge is 0.191 e. The molecule has 2 heterocycles. The minimum atomic E-state index is 0.216. The van der Waals surface area contributed by atoms with E-state index in [1.807, 2.05) is 29.1 Å². The van der Waals surface area contributed by atoms with Crippen molar-refractivity contribution in [3.05, 3.63) is 66.4 Å². The number of anilines is 2. The molecule has 6 nitrogen and oxygen atoms in total. The Kier molecular flexibility index (Phi) is 5.99. The number of aromatic hydroxyl groups is 1. The number of nitrogens with zero attached hydrogens (tertiary/aromatic N) is 4. The number of hydrogen-bond acceptors (Lipinski definition) is 6. The monoisotopic (exact) mass is 445 g/mol. The van der Waals surface area contributed by atoms with Gasteiger partial charge in [-0.25, -0.2) is 14.6 Å². The minimum absolute atomic E-state index is 0.216. The molecule has 2 N–H and O–H groups in total. The summed E-state index contributed by atoms with van der Waals surface area (Å²) >= 11 is 1.77. The van der Waals surface area contributed by atoms with Crippen LogP contribution in [0.5, 0.6) is 5.75 Å². The van der Waals surface area contributed by atoms with Crippen LogP contribution in [0.3, 0.4) is 0 Å². The summed E-state index contributed by atoms with van der Waals surface area (Å²) in [4.78, 5) is 9.77. The summed E-state index contributed by atoms with van der Waals surface area (Å²) in [5.74, 6) is 1.25. The molecule has 32 heavy (non-hydrogen) atoms. The zero-order chi connectivity index (χ0) is 21.9. The third-order valence-electron chi connectivity index (χ3n) is 5.97. The number of benzene rings is 2. The van der Waals surface area contributed by atoms with Gasteiger partial charge in [-0.3, -0.25) is 0 Å². The summed E-state index contributed by atoms with van der Waals surface area (Å²) in [5.41, 5.74) is 2.90. The van der Waals surface area contributed by atoms with Gasteiger partial charge in [0.25, 0.3) is 0 Å². The van der Waals surface area contributed by atoms with Crippen LogP contribution in [0.15, 0.2) is 66.0 Å². The third-order valence-corrected chi connectivity index (χ3v) is 7.17. The second-order valence-corrected chi connectivity index (χ2v) is 9.70. The van der Waals surface area contributed by atoms with Crippen molar-refractivity contribution < 1.29 is 5.11 Å². The molecule has 4 aromatic rings. The summed E-state index contributed by atoms with van der Waals surface area (Å²) in [6, 6.07) is 17.6. The molecule has 0 radical (unpaired) electrons. The summed E-state index contributed by atoms with van der Waals surface area (Å²) in [7, 11) is 0. The Balaban J connectivity index is 1.51. The van der Waals surface area contributed by atoms with E-state index in [1.54, 1.807) is 23.9 Å². The highest BCUT2D eigenvalue weighted by molar-refractivity contribution is 7.99. The summed E-state index contributed by atoms with van der Waals surface area (Å²) in [5, 5.41) is 20.1. The normalized spacial score (nSPS) is 15.3. The van der Waals surface area contributed by atoms with Gasteiger partial charge in [-0.1, -0.05) is 67.9 Å². The van der Waals surface area contributed by atoms with Crippen molar-refractivity contribution in [1.29, 1.82) is 0 Å². The first kappa shape index (κ1) is 20.8. The van der Waals surface area contributed by atoms with Crippen LogP contribution in [0.4, 0.5) is 11.5 Å². The molecule has 1 atom stereocenters. The van der Waals surface area contributed by atoms with E-state index in [9.17, 15) is 5.11 Å². The summed E-state index contributed by atoms with van der Waals surface area (Å²) in [6.07, 6.45) is 6.82. The van der Waals surface area contributed by atoms with Gasteiger partial charge in [0.2, 0.25) is 0 Å². The number of phenolic OH excluding ortho intramolecular Hbond substituents is 1. The number of rotatable bonds is 7. The van der Waals surface area contributed by atoms with Crippen molar-refractivity contribution >= 4 is 34.3 Å². The van der Waals surface area contributed by atoms with Gasteiger partial charge in [0.1, 0.15) is 11.6 Å². The Morgan fingerprint density at radius 3 is 2.69 bits per heavy atom. The molecule has 1 saturated carbocycles. The highest BCUT2D eigenvalue weighted by Gasteiger charge is 2.21. The minimum Gasteiger partial charge on any atom is -0.508 e. The molecular weight excluding hydrogens is 418 g/mol. The number of fused-ring (bicyclic) bond motifs is 1. The fourth-order valence-corrected chi connectivity index (χ4v) is 5.39. The summed E-state index contributed by atoms with van der Waals surface area (Å²) < 4.78 is 1.99. The third kappa shape index (κ3) is 4.58. The van der Waals surface area contributed by atoms with Crippen molar-refractivity contribution in [3.63, 3.8) is 0 Å². The lowest BCUT2D eigenvalue weighted by molar-refractivity contribution is 0.475. The lowest BCUT2D eigenvalue weighted by atomic mass is 10.0. The quantitative estimate of drug-likeness (QED) is 0.334. The van der Waals surface area contributed by atoms with E-state index in [4.69, 9.17) is 9.97 Å². The Morgan fingerprint density at radius 2 is 1.91 bits per heavy atom. The predicted octanol–water partition coefficient (Wildman–Crippen LogP) is 6.11. The van der Waals surface area contributed by atoms with Crippen LogP contribution in [0.25, 0.3) is 11.0 Å². The van der Waals surface area contributed by atoms with Crippen LogP contribution in [0, 0.1) is 0 Å². The van der Waals surface area contributed by atoms with E-state index in [2.05, 4.69) is 41.6 Å². The van der Waals surface area contributed by atoms with Crippen molar-refractivity contribution in [2.75, 3.05) is 5.32 Å². The van der Waals surface area contributed by atoms with E-state index in [-0.39, 0.29) is 5.75 Å². The van der Waals surface area contributed by atoms with E-state index < -0.39 is 0 Å². The first-order valence-corrected chi connectivity index (χ1v) is 12.0. The maximum atomic E-state index is 9.87. The topological polar surface area (TPSA) is 75.9 Å². The first-order chi connectivity index (χ1) is 15.7. The van der Waals surface area contributed by atoms with E-state index in [0.717, 1.165) is 34.2 Å². The molecule has 0 aliphatic heterocycles. The zero-order valence-electron chi connectivity index (χ0n) is 18.1. The Morgan fingerprint density at radius 1 is 1.09 bits per heavy atom. The van der Waals surface area contributed by atoms with Crippen molar-refractivity contribution in [3.8, 4) is 5.75 Å². The molecule has 2 aromatic carbocycles. The van der Waals surface area contributed by atoms with E-state index in [1.165, 1.54) is 31.2 Å². The summed E-state index contributed by atoms with van der Waals surface area (Å²) in [6.45, 7) is 2.95. The van der Waals surface area contributed by atoms with Crippen LogP contribution < -0.4 is 5.32 Å². The highest BCUT2D eigenvalue weighted by Crippen LogP contribution is 2.35. The van der Waals surface area contributed by atoms with Crippen molar-refractivity contribution in [2.45, 2.75) is 55.5 Å². The first-order valence-electron chi connectivity index (χ1n) is 11.2. The second-order valence-electron chi connectivity index (χ2n) is 8.43. The maximum absolute atomic E-state index is 9.87. The maximum Gasteiger partial charge on any atom is 0.191 e. The molecule has 0 amide bonds. The van der Waals surface area contributed by atoms with Crippen LogP contribution in [-0.2, 0) is 6.54 Å². The van der Waals surface area contributed by atoms with E-state index in [0.29, 0.717) is 11.2 Å². The Labute approximate surface area is 192 Å². The predicted molar refractivity (Wildman–Crippen MR) is 130 cm³/mol. The Hall–Kier alpha value is -3.06. The molecule has 164 valence electrons. The van der Waals surface area contributed by atoms with Crippen LogP contribution in [0.2, 0.25) is 0 Å². The number of phenols is 1. The number of aromatic nitrogens is 4. The molecule has 1 aliphatic carbocycles. The lowest BCUT2D eigenvalue weighted by Gasteiger charge is -2.14. The fourth-order valence-electron chi connectivity index (χ4n) is 4.24. The fraction of sp³-hybridized carbons (Fsp3) is 0.320. The van der Waals surface area contributed by atoms with Gasteiger partial charge < -0.3 is 10.4 Å². The molecule has 7 heteroatoms. The van der Waals surface area contributed by atoms with Crippen molar-refractivity contribution in [2.24, 2.45) is 0 Å². The largest absolute Gasteiger partial charge is 0.508 e. The van der Waals surface area contributed by atoms with Gasteiger partial charge in [-0.05, 0) is 30.5 Å².